The standard InChI is InChI=1S/C13H16O3/c1-3-16-12-8(2)5-4-6-9(12)10-7-11(10)13(14)15/h4-6,10-11H,3,7H2,1-2H3,(H,14,15). The summed E-state index contributed by atoms with van der Waals surface area (Å²) in [5, 5.41) is 8.93. The molecule has 1 N–H and O–H groups in total. The lowest BCUT2D eigenvalue weighted by Crippen LogP contribution is -2.02. The second kappa shape index (κ2) is 4.16. The molecule has 16 heavy (non-hydrogen) atoms. The van der Waals surface area contributed by atoms with Crippen LogP contribution in [0.25, 0.3) is 0 Å². The minimum atomic E-state index is -0.700. The van der Waals surface area contributed by atoms with Gasteiger partial charge in [0.1, 0.15) is 5.75 Å². The Kier molecular flexibility index (Phi) is 2.86. The Labute approximate surface area is 95.0 Å². The SMILES string of the molecule is CCOc1c(C)cccc1C1CC1C(=O)O. The van der Waals surface area contributed by atoms with Crippen LogP contribution in [0.2, 0.25) is 0 Å². The van der Waals surface area contributed by atoms with Crippen LogP contribution in [-0.2, 0) is 4.79 Å². The molecule has 1 aromatic rings. The van der Waals surface area contributed by atoms with Crippen LogP contribution in [0.1, 0.15) is 30.4 Å². The first-order valence-corrected chi connectivity index (χ1v) is 5.60. The number of hydrogen-bond acceptors (Lipinski definition) is 2. The third-order valence-corrected chi connectivity index (χ3v) is 3.04. The number of benzene rings is 1. The molecule has 0 saturated heterocycles. The van der Waals surface area contributed by atoms with E-state index in [1.54, 1.807) is 0 Å². The topological polar surface area (TPSA) is 46.5 Å². The van der Waals surface area contributed by atoms with E-state index in [9.17, 15) is 4.79 Å². The summed E-state index contributed by atoms with van der Waals surface area (Å²) in [6, 6.07) is 5.93. The van der Waals surface area contributed by atoms with Crippen molar-refractivity contribution in [2.75, 3.05) is 6.61 Å². The zero-order chi connectivity index (χ0) is 11.7. The van der Waals surface area contributed by atoms with Gasteiger partial charge in [-0.3, -0.25) is 4.79 Å². The van der Waals surface area contributed by atoms with E-state index in [4.69, 9.17) is 9.84 Å². The molecule has 1 aromatic carbocycles. The van der Waals surface area contributed by atoms with Gasteiger partial charge >= 0.3 is 5.97 Å². The van der Waals surface area contributed by atoms with E-state index < -0.39 is 5.97 Å². The van der Waals surface area contributed by atoms with Gasteiger partial charge in [-0.15, -0.1) is 0 Å². The molecule has 86 valence electrons. The predicted molar refractivity (Wildman–Crippen MR) is 60.8 cm³/mol. The number of aryl methyl sites for hydroxylation is 1. The number of carbonyl (C=O) groups is 1. The number of para-hydroxylation sites is 1. The van der Waals surface area contributed by atoms with Gasteiger partial charge in [-0.05, 0) is 31.4 Å². The van der Waals surface area contributed by atoms with Gasteiger partial charge in [0, 0.05) is 5.92 Å². The molecule has 2 atom stereocenters. The second-order valence-electron chi connectivity index (χ2n) is 4.21. The van der Waals surface area contributed by atoms with E-state index in [0.29, 0.717) is 6.61 Å². The molecule has 1 aliphatic carbocycles. The van der Waals surface area contributed by atoms with Crippen LogP contribution in [0.3, 0.4) is 0 Å². The lowest BCUT2D eigenvalue weighted by atomic mass is 10.0. The van der Waals surface area contributed by atoms with Crippen molar-refractivity contribution in [2.24, 2.45) is 5.92 Å². The number of carboxylic acid groups (broad SMARTS) is 1. The first-order chi connectivity index (χ1) is 7.65. The maximum Gasteiger partial charge on any atom is 0.307 e. The van der Waals surface area contributed by atoms with Crippen LogP contribution >= 0.6 is 0 Å². The summed E-state index contributed by atoms with van der Waals surface area (Å²) in [4.78, 5) is 10.9. The lowest BCUT2D eigenvalue weighted by Gasteiger charge is -2.12. The Morgan fingerprint density at radius 3 is 2.88 bits per heavy atom. The number of hydrogen-bond donors (Lipinski definition) is 1. The first kappa shape index (κ1) is 11.0. The van der Waals surface area contributed by atoms with Crippen LogP contribution in [0.4, 0.5) is 0 Å². The lowest BCUT2D eigenvalue weighted by molar-refractivity contribution is -0.138. The molecule has 0 spiro atoms. The molecule has 0 amide bonds. The number of rotatable bonds is 4. The minimum Gasteiger partial charge on any atom is -0.493 e. The maximum atomic E-state index is 10.9. The highest BCUT2D eigenvalue weighted by molar-refractivity contribution is 5.75. The molecule has 0 heterocycles. The summed E-state index contributed by atoms with van der Waals surface area (Å²) in [6.07, 6.45) is 0.735. The second-order valence-corrected chi connectivity index (χ2v) is 4.21. The predicted octanol–water partition coefficient (Wildman–Crippen LogP) is 2.58. The van der Waals surface area contributed by atoms with Gasteiger partial charge in [0.25, 0.3) is 0 Å². The van der Waals surface area contributed by atoms with Crippen molar-refractivity contribution >= 4 is 5.97 Å². The van der Waals surface area contributed by atoms with E-state index in [-0.39, 0.29) is 11.8 Å². The van der Waals surface area contributed by atoms with Gasteiger partial charge in [0.05, 0.1) is 12.5 Å². The highest BCUT2D eigenvalue weighted by Gasteiger charge is 2.45. The van der Waals surface area contributed by atoms with E-state index in [0.717, 1.165) is 23.3 Å². The molecule has 0 aromatic heterocycles. The maximum absolute atomic E-state index is 10.9. The van der Waals surface area contributed by atoms with Crippen molar-refractivity contribution in [3.8, 4) is 5.75 Å². The highest BCUT2D eigenvalue weighted by Crippen LogP contribution is 2.51. The number of ether oxygens (including phenoxy) is 1. The Hall–Kier alpha value is -1.51. The number of aliphatic carboxylic acids is 1. The molecule has 0 bridgehead atoms. The fourth-order valence-electron chi connectivity index (χ4n) is 2.12. The normalized spacial score (nSPS) is 22.9. The van der Waals surface area contributed by atoms with Crippen molar-refractivity contribution in [3.63, 3.8) is 0 Å². The van der Waals surface area contributed by atoms with E-state index in [2.05, 4.69) is 0 Å². The monoisotopic (exact) mass is 220 g/mol. The smallest absolute Gasteiger partial charge is 0.307 e. The zero-order valence-corrected chi connectivity index (χ0v) is 9.56. The summed E-state index contributed by atoms with van der Waals surface area (Å²) >= 11 is 0. The van der Waals surface area contributed by atoms with Crippen LogP contribution in [0.15, 0.2) is 18.2 Å². The van der Waals surface area contributed by atoms with Gasteiger partial charge in [0.2, 0.25) is 0 Å². The molecule has 3 nitrogen and oxygen atoms in total. The average molecular weight is 220 g/mol. The van der Waals surface area contributed by atoms with Crippen LogP contribution in [0, 0.1) is 12.8 Å². The molecule has 1 fully saturated rings. The van der Waals surface area contributed by atoms with E-state index in [1.807, 2.05) is 32.0 Å². The van der Waals surface area contributed by atoms with Gasteiger partial charge in [-0.2, -0.15) is 0 Å². The largest absolute Gasteiger partial charge is 0.493 e. The van der Waals surface area contributed by atoms with Crippen molar-refractivity contribution in [3.05, 3.63) is 29.3 Å². The highest BCUT2D eigenvalue weighted by atomic mass is 16.5. The molecule has 1 aliphatic rings. The summed E-state index contributed by atoms with van der Waals surface area (Å²) in [6.45, 7) is 4.55. The van der Waals surface area contributed by atoms with E-state index in [1.165, 1.54) is 0 Å². The molecule has 3 heteroatoms. The molecular weight excluding hydrogens is 204 g/mol. The van der Waals surface area contributed by atoms with E-state index >= 15 is 0 Å². The van der Waals surface area contributed by atoms with Crippen molar-refractivity contribution in [1.82, 2.24) is 0 Å². The summed E-state index contributed by atoms with van der Waals surface area (Å²) in [5.41, 5.74) is 2.13. The van der Waals surface area contributed by atoms with Gasteiger partial charge in [-0.1, -0.05) is 18.2 Å². The molecule has 2 unspecified atom stereocenters. The molecule has 1 saturated carbocycles. The Morgan fingerprint density at radius 1 is 1.56 bits per heavy atom. The van der Waals surface area contributed by atoms with Gasteiger partial charge < -0.3 is 9.84 Å². The molecule has 0 radical (unpaired) electrons. The summed E-state index contributed by atoms with van der Waals surface area (Å²) in [5.74, 6) is 0.0904. The summed E-state index contributed by atoms with van der Waals surface area (Å²) in [7, 11) is 0. The molecular formula is C13H16O3. The molecule has 0 aliphatic heterocycles. The first-order valence-electron chi connectivity index (χ1n) is 5.60. The van der Waals surface area contributed by atoms with Gasteiger partial charge in [0.15, 0.2) is 0 Å². The third kappa shape index (κ3) is 1.90. The van der Waals surface area contributed by atoms with Crippen molar-refractivity contribution in [1.29, 1.82) is 0 Å². The fourth-order valence-corrected chi connectivity index (χ4v) is 2.12. The Morgan fingerprint density at radius 2 is 2.31 bits per heavy atom. The fraction of sp³-hybridized carbons (Fsp3) is 0.462. The minimum absolute atomic E-state index is 0.138. The average Bonchev–Trinajstić information content (AvgIpc) is 3.01. The van der Waals surface area contributed by atoms with Crippen molar-refractivity contribution in [2.45, 2.75) is 26.2 Å². The Balaban J connectivity index is 2.28. The molecule has 2 rings (SSSR count). The zero-order valence-electron chi connectivity index (χ0n) is 9.56. The van der Waals surface area contributed by atoms with Gasteiger partial charge in [-0.25, -0.2) is 0 Å². The van der Waals surface area contributed by atoms with Crippen LogP contribution in [0.5, 0.6) is 5.75 Å². The quantitative estimate of drug-likeness (QED) is 0.848. The van der Waals surface area contributed by atoms with Crippen LogP contribution < -0.4 is 4.74 Å². The summed E-state index contributed by atoms with van der Waals surface area (Å²) < 4.78 is 5.60. The third-order valence-electron chi connectivity index (χ3n) is 3.04. The van der Waals surface area contributed by atoms with Crippen LogP contribution in [-0.4, -0.2) is 17.7 Å². The number of carboxylic acids is 1. The Bertz CT molecular complexity index is 412. The van der Waals surface area contributed by atoms with Crippen molar-refractivity contribution < 1.29 is 14.6 Å².